The minimum Gasteiger partial charge on any atom is -0.462 e. The van der Waals surface area contributed by atoms with Crippen LogP contribution in [0.2, 0.25) is 5.02 Å². The fourth-order valence-corrected chi connectivity index (χ4v) is 3.32. The van der Waals surface area contributed by atoms with Crippen LogP contribution in [0.15, 0.2) is 70.7 Å². The Hall–Kier alpha value is -4.17. The lowest BCUT2D eigenvalue weighted by molar-refractivity contribution is -0.122. The summed E-state index contributed by atoms with van der Waals surface area (Å²) in [7, 11) is 0. The summed E-state index contributed by atoms with van der Waals surface area (Å²) >= 11 is 5.87. The lowest BCUT2D eigenvalue weighted by Gasteiger charge is -2.26. The molecule has 1 aliphatic heterocycles. The van der Waals surface area contributed by atoms with Crippen LogP contribution in [0.25, 0.3) is 17.4 Å². The lowest BCUT2D eigenvalue weighted by atomic mass is 10.1. The number of imide groups is 2. The average molecular weight is 465 g/mol. The monoisotopic (exact) mass is 464 g/mol. The normalized spacial score (nSPS) is 15.0. The van der Waals surface area contributed by atoms with E-state index in [1.54, 1.807) is 43.3 Å². The summed E-state index contributed by atoms with van der Waals surface area (Å²) in [6.45, 7) is 2.01. The third kappa shape index (κ3) is 4.56. The van der Waals surface area contributed by atoms with Crippen LogP contribution >= 0.6 is 11.6 Å². The summed E-state index contributed by atoms with van der Waals surface area (Å²) in [5.41, 5.74) is 1.10. The smallest absolute Gasteiger partial charge is 0.338 e. The summed E-state index contributed by atoms with van der Waals surface area (Å²) in [4.78, 5) is 50.2. The van der Waals surface area contributed by atoms with Gasteiger partial charge in [-0.2, -0.15) is 0 Å². The second-order valence-corrected chi connectivity index (χ2v) is 7.37. The molecule has 9 heteroatoms. The molecule has 1 aromatic heterocycles. The number of ether oxygens (including phenoxy) is 1. The molecule has 1 aliphatic rings. The fraction of sp³-hybridized carbons (Fsp3) is 0.0833. The molecule has 0 saturated carbocycles. The number of hydrogen-bond acceptors (Lipinski definition) is 6. The Labute approximate surface area is 193 Å². The number of barbiturate groups is 1. The molecule has 0 aliphatic carbocycles. The van der Waals surface area contributed by atoms with Crippen molar-refractivity contribution in [3.05, 3.63) is 82.6 Å². The Morgan fingerprint density at radius 2 is 1.73 bits per heavy atom. The van der Waals surface area contributed by atoms with Crippen LogP contribution in [0.4, 0.5) is 10.5 Å². The van der Waals surface area contributed by atoms with Gasteiger partial charge in [-0.05, 0) is 61.5 Å². The Bertz CT molecular complexity index is 1280. The van der Waals surface area contributed by atoms with Gasteiger partial charge in [0.2, 0.25) is 0 Å². The molecule has 4 rings (SSSR count). The highest BCUT2D eigenvalue weighted by Gasteiger charge is 2.37. The zero-order chi connectivity index (χ0) is 23.5. The number of esters is 1. The molecule has 166 valence electrons. The van der Waals surface area contributed by atoms with Crippen molar-refractivity contribution in [2.24, 2.45) is 0 Å². The number of nitrogens with one attached hydrogen (secondary N) is 1. The lowest BCUT2D eigenvalue weighted by Crippen LogP contribution is -2.54. The van der Waals surface area contributed by atoms with Gasteiger partial charge < -0.3 is 9.15 Å². The highest BCUT2D eigenvalue weighted by molar-refractivity contribution is 6.39. The molecule has 0 radical (unpaired) electrons. The first kappa shape index (κ1) is 22.0. The van der Waals surface area contributed by atoms with Crippen molar-refractivity contribution >= 4 is 47.2 Å². The van der Waals surface area contributed by atoms with E-state index in [4.69, 9.17) is 20.8 Å². The van der Waals surface area contributed by atoms with E-state index < -0.39 is 23.8 Å². The molecule has 0 unspecified atom stereocenters. The molecule has 1 N–H and O–H groups in total. The second-order valence-electron chi connectivity index (χ2n) is 6.93. The molecule has 1 saturated heterocycles. The molecule has 4 amide bonds. The topological polar surface area (TPSA) is 106 Å². The first-order chi connectivity index (χ1) is 15.9. The molecule has 1 fully saturated rings. The van der Waals surface area contributed by atoms with Gasteiger partial charge in [0, 0.05) is 10.6 Å². The third-order valence-corrected chi connectivity index (χ3v) is 5.03. The first-order valence-electron chi connectivity index (χ1n) is 9.92. The zero-order valence-electron chi connectivity index (χ0n) is 17.3. The van der Waals surface area contributed by atoms with Crippen LogP contribution < -0.4 is 10.2 Å². The van der Waals surface area contributed by atoms with Crippen LogP contribution in [0, 0.1) is 0 Å². The third-order valence-electron chi connectivity index (χ3n) is 4.78. The summed E-state index contributed by atoms with van der Waals surface area (Å²) in [5.74, 6) is -1.33. The number of amides is 4. The molecule has 2 heterocycles. The van der Waals surface area contributed by atoms with E-state index in [0.29, 0.717) is 21.9 Å². The predicted molar refractivity (Wildman–Crippen MR) is 121 cm³/mol. The predicted octanol–water partition coefficient (Wildman–Crippen LogP) is 4.44. The van der Waals surface area contributed by atoms with Crippen LogP contribution in [0.3, 0.4) is 0 Å². The molecule has 0 bridgehead atoms. The van der Waals surface area contributed by atoms with E-state index >= 15 is 0 Å². The van der Waals surface area contributed by atoms with Gasteiger partial charge in [-0.3, -0.25) is 14.9 Å². The Morgan fingerprint density at radius 1 is 1.03 bits per heavy atom. The molecule has 3 aromatic rings. The average Bonchev–Trinajstić information content (AvgIpc) is 3.27. The van der Waals surface area contributed by atoms with E-state index in [1.165, 1.54) is 30.3 Å². The van der Waals surface area contributed by atoms with Crippen molar-refractivity contribution in [2.75, 3.05) is 11.5 Å². The van der Waals surface area contributed by atoms with Crippen LogP contribution in [-0.2, 0) is 14.3 Å². The van der Waals surface area contributed by atoms with E-state index in [2.05, 4.69) is 5.32 Å². The number of nitrogens with zero attached hydrogens (tertiary/aromatic N) is 1. The SMILES string of the molecule is CCOC(=O)c1ccc(-c2ccc(C=C3C(=O)NC(=O)N(c4ccc(Cl)cc4)C3=O)o2)cc1. The molecule has 0 atom stereocenters. The standard InChI is InChI=1S/C24H17ClN2O6/c1-2-32-23(30)15-5-3-14(4-6-15)20-12-11-18(33-20)13-19-21(28)26-24(31)27(22(19)29)17-9-7-16(25)8-10-17/h3-13H,2H2,1H3,(H,26,28,31). The quantitative estimate of drug-likeness (QED) is 0.340. The molecular weight excluding hydrogens is 448 g/mol. The number of rotatable bonds is 5. The maximum atomic E-state index is 12.9. The molecule has 0 spiro atoms. The fourth-order valence-electron chi connectivity index (χ4n) is 3.19. The molecular formula is C24H17ClN2O6. The molecule has 8 nitrogen and oxygen atoms in total. The van der Waals surface area contributed by atoms with E-state index in [1.807, 2.05) is 0 Å². The summed E-state index contributed by atoms with van der Waals surface area (Å²) in [6.07, 6.45) is 1.27. The number of carbonyl (C=O) groups is 4. The number of urea groups is 1. The van der Waals surface area contributed by atoms with Crippen molar-refractivity contribution in [2.45, 2.75) is 6.92 Å². The van der Waals surface area contributed by atoms with Gasteiger partial charge in [-0.1, -0.05) is 23.7 Å². The summed E-state index contributed by atoms with van der Waals surface area (Å²) < 4.78 is 10.7. The van der Waals surface area contributed by atoms with Crippen LogP contribution in [0.1, 0.15) is 23.0 Å². The summed E-state index contributed by atoms with van der Waals surface area (Å²) in [5, 5.41) is 2.59. The van der Waals surface area contributed by atoms with Gasteiger partial charge in [0.25, 0.3) is 11.8 Å². The van der Waals surface area contributed by atoms with Gasteiger partial charge in [-0.25, -0.2) is 14.5 Å². The minimum absolute atomic E-state index is 0.239. The number of benzene rings is 2. The number of furan rings is 1. The van der Waals surface area contributed by atoms with Gasteiger partial charge in [0.1, 0.15) is 17.1 Å². The van der Waals surface area contributed by atoms with Crippen molar-refractivity contribution in [1.82, 2.24) is 5.32 Å². The van der Waals surface area contributed by atoms with Gasteiger partial charge in [-0.15, -0.1) is 0 Å². The Morgan fingerprint density at radius 3 is 2.39 bits per heavy atom. The Kier molecular flexibility index (Phi) is 6.10. The number of anilines is 1. The van der Waals surface area contributed by atoms with Gasteiger partial charge >= 0.3 is 12.0 Å². The van der Waals surface area contributed by atoms with Gasteiger partial charge in [0.15, 0.2) is 0 Å². The van der Waals surface area contributed by atoms with Crippen LogP contribution in [-0.4, -0.2) is 30.4 Å². The van der Waals surface area contributed by atoms with Gasteiger partial charge in [0.05, 0.1) is 17.9 Å². The summed E-state index contributed by atoms with van der Waals surface area (Å²) in [6, 6.07) is 15.1. The number of carbonyl (C=O) groups excluding carboxylic acids is 4. The Balaban J connectivity index is 1.59. The minimum atomic E-state index is -0.855. The highest BCUT2D eigenvalue weighted by Crippen LogP contribution is 2.27. The molecule has 2 aromatic carbocycles. The van der Waals surface area contributed by atoms with E-state index in [9.17, 15) is 19.2 Å². The van der Waals surface area contributed by atoms with E-state index in [0.717, 1.165) is 4.90 Å². The first-order valence-corrected chi connectivity index (χ1v) is 10.3. The van der Waals surface area contributed by atoms with Crippen molar-refractivity contribution < 1.29 is 28.3 Å². The zero-order valence-corrected chi connectivity index (χ0v) is 18.1. The number of hydrogen-bond donors (Lipinski definition) is 1. The van der Waals surface area contributed by atoms with Crippen LogP contribution in [0.5, 0.6) is 0 Å². The van der Waals surface area contributed by atoms with Crippen molar-refractivity contribution in [3.63, 3.8) is 0 Å². The highest BCUT2D eigenvalue weighted by atomic mass is 35.5. The maximum Gasteiger partial charge on any atom is 0.338 e. The molecule has 33 heavy (non-hydrogen) atoms. The maximum absolute atomic E-state index is 12.9. The second kappa shape index (κ2) is 9.13. The number of halogens is 1. The van der Waals surface area contributed by atoms with Crippen molar-refractivity contribution in [3.8, 4) is 11.3 Å². The largest absolute Gasteiger partial charge is 0.462 e. The van der Waals surface area contributed by atoms with E-state index in [-0.39, 0.29) is 23.6 Å². The van der Waals surface area contributed by atoms with Crippen molar-refractivity contribution in [1.29, 1.82) is 0 Å².